The minimum Gasteiger partial charge on any atom is -0.466 e. The number of hydrogen-bond acceptors (Lipinski definition) is 2. The first-order valence-corrected chi connectivity index (χ1v) is 4.52. The van der Waals surface area contributed by atoms with E-state index in [-0.39, 0.29) is 5.97 Å². The number of H-pyrrole nitrogens is 1. The number of aryl methyl sites for hydroxylation is 2. The fourth-order valence-electron chi connectivity index (χ4n) is 1.18. The van der Waals surface area contributed by atoms with Crippen molar-refractivity contribution in [3.63, 3.8) is 0 Å². The van der Waals surface area contributed by atoms with Crippen molar-refractivity contribution in [2.24, 2.45) is 0 Å². The second-order valence-electron chi connectivity index (χ2n) is 2.97. The van der Waals surface area contributed by atoms with E-state index in [1.54, 1.807) is 0 Å². The summed E-state index contributed by atoms with van der Waals surface area (Å²) >= 11 is 0. The third kappa shape index (κ3) is 3.32. The van der Waals surface area contributed by atoms with E-state index in [1.165, 1.54) is 0 Å². The highest BCUT2D eigenvalue weighted by molar-refractivity contribution is 5.69. The Balaban J connectivity index is 2.30. The molecular weight excluding hydrogens is 166 g/mol. The van der Waals surface area contributed by atoms with Crippen LogP contribution in [0.3, 0.4) is 0 Å². The molecule has 1 aromatic rings. The van der Waals surface area contributed by atoms with E-state index in [9.17, 15) is 4.79 Å². The van der Waals surface area contributed by atoms with Gasteiger partial charge < -0.3 is 9.72 Å². The summed E-state index contributed by atoms with van der Waals surface area (Å²) in [6, 6.07) is 4.00. The van der Waals surface area contributed by atoms with Gasteiger partial charge in [0.25, 0.3) is 0 Å². The zero-order valence-electron chi connectivity index (χ0n) is 8.09. The van der Waals surface area contributed by atoms with E-state index in [0.29, 0.717) is 13.0 Å². The van der Waals surface area contributed by atoms with Crippen LogP contribution >= 0.6 is 0 Å². The van der Waals surface area contributed by atoms with E-state index >= 15 is 0 Å². The summed E-state index contributed by atoms with van der Waals surface area (Å²) in [4.78, 5) is 14.2. The predicted molar refractivity (Wildman–Crippen MR) is 50.5 cm³/mol. The highest BCUT2D eigenvalue weighted by Gasteiger charge is 2.02. The highest BCUT2D eigenvalue weighted by atomic mass is 16.5. The van der Waals surface area contributed by atoms with E-state index in [2.05, 4.69) is 4.98 Å². The van der Waals surface area contributed by atoms with Crippen LogP contribution in [0.15, 0.2) is 12.1 Å². The number of aromatic nitrogens is 1. The minimum atomic E-state index is -0.130. The lowest BCUT2D eigenvalue weighted by Crippen LogP contribution is -2.05. The molecule has 0 amide bonds. The number of carbonyl (C=O) groups excluding carboxylic acids is 1. The highest BCUT2D eigenvalue weighted by Crippen LogP contribution is 2.03. The molecule has 3 nitrogen and oxygen atoms in total. The van der Waals surface area contributed by atoms with Gasteiger partial charge in [0.1, 0.15) is 0 Å². The summed E-state index contributed by atoms with van der Waals surface area (Å²) in [6.45, 7) is 4.27. The van der Waals surface area contributed by atoms with Crippen molar-refractivity contribution in [3.8, 4) is 0 Å². The largest absolute Gasteiger partial charge is 0.466 e. The van der Waals surface area contributed by atoms with Crippen molar-refractivity contribution in [2.75, 3.05) is 6.61 Å². The van der Waals surface area contributed by atoms with Gasteiger partial charge in [0.2, 0.25) is 0 Å². The van der Waals surface area contributed by atoms with Crippen molar-refractivity contribution in [1.82, 2.24) is 4.98 Å². The van der Waals surface area contributed by atoms with Crippen LogP contribution in [0, 0.1) is 6.92 Å². The lowest BCUT2D eigenvalue weighted by Gasteiger charge is -1.99. The van der Waals surface area contributed by atoms with Gasteiger partial charge in [0, 0.05) is 11.4 Å². The normalized spacial score (nSPS) is 10.0. The van der Waals surface area contributed by atoms with E-state index in [1.807, 2.05) is 26.0 Å². The fraction of sp³-hybridized carbons (Fsp3) is 0.500. The predicted octanol–water partition coefficient (Wildman–Crippen LogP) is 1.82. The van der Waals surface area contributed by atoms with Gasteiger partial charge in [-0.3, -0.25) is 4.79 Å². The number of rotatable bonds is 4. The summed E-state index contributed by atoms with van der Waals surface area (Å²) in [5, 5.41) is 0. The molecule has 13 heavy (non-hydrogen) atoms. The maximum Gasteiger partial charge on any atom is 0.306 e. The molecule has 0 atom stereocenters. The Morgan fingerprint density at radius 3 is 2.85 bits per heavy atom. The van der Waals surface area contributed by atoms with Crippen molar-refractivity contribution >= 4 is 5.97 Å². The maximum absolute atomic E-state index is 11.0. The lowest BCUT2D eigenvalue weighted by atomic mass is 10.2. The number of esters is 1. The number of carbonyl (C=O) groups is 1. The first-order chi connectivity index (χ1) is 6.22. The van der Waals surface area contributed by atoms with E-state index in [0.717, 1.165) is 17.8 Å². The molecule has 0 aromatic carbocycles. The Hall–Kier alpha value is -1.25. The molecule has 0 radical (unpaired) electrons. The Morgan fingerprint density at radius 2 is 2.31 bits per heavy atom. The second-order valence-corrected chi connectivity index (χ2v) is 2.97. The van der Waals surface area contributed by atoms with Crippen molar-refractivity contribution < 1.29 is 9.53 Å². The van der Waals surface area contributed by atoms with E-state index < -0.39 is 0 Å². The van der Waals surface area contributed by atoms with Crippen molar-refractivity contribution in [2.45, 2.75) is 26.7 Å². The summed E-state index contributed by atoms with van der Waals surface area (Å²) in [5.74, 6) is -0.130. The molecule has 3 heteroatoms. The molecule has 0 saturated heterocycles. The molecule has 72 valence electrons. The molecule has 1 N–H and O–H groups in total. The van der Waals surface area contributed by atoms with Gasteiger partial charge in [-0.15, -0.1) is 0 Å². The molecule has 0 aliphatic carbocycles. The number of hydrogen-bond donors (Lipinski definition) is 1. The van der Waals surface area contributed by atoms with Gasteiger partial charge in [0.15, 0.2) is 0 Å². The van der Waals surface area contributed by atoms with Gasteiger partial charge in [0.05, 0.1) is 13.0 Å². The zero-order chi connectivity index (χ0) is 9.68. The molecule has 0 unspecified atom stereocenters. The molecule has 0 bridgehead atoms. The summed E-state index contributed by atoms with van der Waals surface area (Å²) in [6.07, 6.45) is 1.18. The molecule has 0 saturated carbocycles. The van der Waals surface area contributed by atoms with Crippen molar-refractivity contribution in [3.05, 3.63) is 23.5 Å². The standard InChI is InChI=1S/C10H15NO2/c1-3-13-10(12)7-6-9-5-4-8(2)11-9/h4-5,11H,3,6-7H2,1-2H3. The molecule has 1 heterocycles. The van der Waals surface area contributed by atoms with Crippen LogP contribution in [0.2, 0.25) is 0 Å². The van der Waals surface area contributed by atoms with Gasteiger partial charge in [-0.2, -0.15) is 0 Å². The summed E-state index contributed by atoms with van der Waals surface area (Å²) < 4.78 is 4.82. The average molecular weight is 181 g/mol. The SMILES string of the molecule is CCOC(=O)CCc1ccc(C)[nH]1. The Kier molecular flexibility index (Phi) is 3.55. The molecule has 0 aliphatic heterocycles. The van der Waals surface area contributed by atoms with E-state index in [4.69, 9.17) is 4.74 Å². The average Bonchev–Trinajstić information content (AvgIpc) is 2.49. The van der Waals surface area contributed by atoms with Crippen LogP contribution in [0.1, 0.15) is 24.7 Å². The first-order valence-electron chi connectivity index (χ1n) is 4.52. The van der Waals surface area contributed by atoms with Gasteiger partial charge >= 0.3 is 5.97 Å². The third-order valence-corrected chi connectivity index (χ3v) is 1.80. The summed E-state index contributed by atoms with van der Waals surface area (Å²) in [7, 11) is 0. The van der Waals surface area contributed by atoms with Gasteiger partial charge in [-0.05, 0) is 32.4 Å². The Labute approximate surface area is 78.1 Å². The van der Waals surface area contributed by atoms with Crippen LogP contribution in [0.5, 0.6) is 0 Å². The van der Waals surface area contributed by atoms with Gasteiger partial charge in [-0.1, -0.05) is 0 Å². The van der Waals surface area contributed by atoms with Crippen LogP contribution < -0.4 is 0 Å². The van der Waals surface area contributed by atoms with Crippen LogP contribution in [-0.4, -0.2) is 17.6 Å². The molecule has 1 rings (SSSR count). The molecule has 1 aromatic heterocycles. The summed E-state index contributed by atoms with van der Waals surface area (Å²) in [5.41, 5.74) is 2.21. The number of ether oxygens (including phenoxy) is 1. The maximum atomic E-state index is 11.0. The quantitative estimate of drug-likeness (QED) is 0.720. The van der Waals surface area contributed by atoms with Crippen LogP contribution in [0.4, 0.5) is 0 Å². The zero-order valence-corrected chi connectivity index (χ0v) is 8.09. The Bertz CT molecular complexity index is 278. The third-order valence-electron chi connectivity index (χ3n) is 1.80. The van der Waals surface area contributed by atoms with Crippen molar-refractivity contribution in [1.29, 1.82) is 0 Å². The molecule has 0 fully saturated rings. The second kappa shape index (κ2) is 4.70. The van der Waals surface area contributed by atoms with Crippen LogP contribution in [-0.2, 0) is 16.0 Å². The smallest absolute Gasteiger partial charge is 0.306 e. The van der Waals surface area contributed by atoms with Gasteiger partial charge in [-0.25, -0.2) is 0 Å². The molecular formula is C10H15NO2. The van der Waals surface area contributed by atoms with Crippen LogP contribution in [0.25, 0.3) is 0 Å². The monoisotopic (exact) mass is 181 g/mol. The fourth-order valence-corrected chi connectivity index (χ4v) is 1.18. The first kappa shape index (κ1) is 9.84. The molecule has 0 aliphatic rings. The number of nitrogens with one attached hydrogen (secondary N) is 1. The molecule has 0 spiro atoms. The number of aromatic amines is 1. The Morgan fingerprint density at radius 1 is 1.54 bits per heavy atom. The minimum absolute atomic E-state index is 0.130. The topological polar surface area (TPSA) is 42.1 Å². The lowest BCUT2D eigenvalue weighted by molar-refractivity contribution is -0.143.